The van der Waals surface area contributed by atoms with Crippen molar-refractivity contribution < 1.29 is 4.79 Å². The van der Waals surface area contributed by atoms with E-state index in [1.807, 2.05) is 91.0 Å². The Kier molecular flexibility index (Phi) is 5.75. The molecule has 3 rings (SSSR count). The highest BCUT2D eigenvalue weighted by atomic mass is 16.2. The molecule has 0 heterocycles. The molecule has 0 unspecified atom stereocenters. The summed E-state index contributed by atoms with van der Waals surface area (Å²) < 4.78 is 0. The van der Waals surface area contributed by atoms with Crippen LogP contribution in [-0.2, 0) is 0 Å². The van der Waals surface area contributed by atoms with E-state index in [4.69, 9.17) is 0 Å². The molecule has 0 aliphatic rings. The number of nitrogens with one attached hydrogen (secondary N) is 2. The zero-order valence-electron chi connectivity index (χ0n) is 13.8. The zero-order chi connectivity index (χ0) is 17.3. The Morgan fingerprint density at radius 1 is 0.760 bits per heavy atom. The molecule has 1 amide bonds. The molecule has 3 nitrogen and oxygen atoms in total. The Hall–Kier alpha value is -3.17. The second kappa shape index (κ2) is 8.62. The summed E-state index contributed by atoms with van der Waals surface area (Å²) in [6.07, 6.45) is 4.08. The van der Waals surface area contributed by atoms with E-state index in [0.717, 1.165) is 11.1 Å². The van der Waals surface area contributed by atoms with Gasteiger partial charge in [-0.1, -0.05) is 91.0 Å². The molecule has 0 saturated carbocycles. The van der Waals surface area contributed by atoms with Gasteiger partial charge in [0.1, 0.15) is 0 Å². The topological polar surface area (TPSA) is 41.1 Å². The maximum absolute atomic E-state index is 12.3. The van der Waals surface area contributed by atoms with E-state index in [-0.39, 0.29) is 11.9 Å². The van der Waals surface area contributed by atoms with Crippen LogP contribution in [0.2, 0.25) is 0 Å². The molecule has 124 valence electrons. The van der Waals surface area contributed by atoms with Crippen molar-refractivity contribution in [2.45, 2.75) is 6.04 Å². The van der Waals surface area contributed by atoms with Crippen LogP contribution < -0.4 is 10.9 Å². The largest absolute Gasteiger partial charge is 0.287 e. The lowest BCUT2D eigenvalue weighted by Gasteiger charge is -2.16. The first-order valence-corrected chi connectivity index (χ1v) is 8.22. The molecule has 2 N–H and O–H groups in total. The monoisotopic (exact) mass is 328 g/mol. The zero-order valence-corrected chi connectivity index (χ0v) is 13.8. The number of hydrazine groups is 1. The highest BCUT2D eigenvalue weighted by Gasteiger charge is 2.10. The molecular weight excluding hydrogens is 308 g/mol. The minimum Gasteiger partial charge on any atom is -0.287 e. The van der Waals surface area contributed by atoms with E-state index in [9.17, 15) is 4.79 Å². The fourth-order valence-electron chi connectivity index (χ4n) is 2.48. The van der Waals surface area contributed by atoms with E-state index in [1.54, 1.807) is 12.1 Å². The van der Waals surface area contributed by atoms with Gasteiger partial charge in [0, 0.05) is 5.56 Å². The molecule has 0 spiro atoms. The number of benzene rings is 3. The van der Waals surface area contributed by atoms with Crippen molar-refractivity contribution in [1.82, 2.24) is 10.9 Å². The van der Waals surface area contributed by atoms with Gasteiger partial charge >= 0.3 is 0 Å². The molecule has 0 aromatic heterocycles. The molecule has 0 aliphatic heterocycles. The molecule has 1 atom stereocenters. The maximum Gasteiger partial charge on any atom is 0.265 e. The first kappa shape index (κ1) is 16.7. The Morgan fingerprint density at radius 3 is 1.96 bits per heavy atom. The van der Waals surface area contributed by atoms with Gasteiger partial charge in [-0.2, -0.15) is 0 Å². The van der Waals surface area contributed by atoms with Crippen LogP contribution in [0.15, 0.2) is 97.1 Å². The molecule has 0 radical (unpaired) electrons. The van der Waals surface area contributed by atoms with Gasteiger partial charge in [0.2, 0.25) is 0 Å². The number of rotatable bonds is 6. The molecule has 25 heavy (non-hydrogen) atoms. The van der Waals surface area contributed by atoms with Crippen LogP contribution in [0.4, 0.5) is 0 Å². The average Bonchev–Trinajstić information content (AvgIpc) is 2.70. The predicted octanol–water partition coefficient (Wildman–Crippen LogP) is 4.38. The minimum absolute atomic E-state index is 0.130. The van der Waals surface area contributed by atoms with E-state index in [1.165, 1.54) is 0 Å². The highest BCUT2D eigenvalue weighted by molar-refractivity contribution is 5.93. The Bertz CT molecular complexity index is 814. The SMILES string of the molecule is O=C(NN[C@@H](/C=C/c1ccccc1)c1ccccc1)c1ccccc1. The highest BCUT2D eigenvalue weighted by Crippen LogP contribution is 2.15. The first-order valence-electron chi connectivity index (χ1n) is 8.22. The summed E-state index contributed by atoms with van der Waals surface area (Å²) in [5, 5.41) is 0. The van der Waals surface area contributed by atoms with Crippen molar-refractivity contribution in [3.63, 3.8) is 0 Å². The second-order valence-corrected chi connectivity index (χ2v) is 5.62. The third kappa shape index (κ3) is 4.90. The lowest BCUT2D eigenvalue weighted by Crippen LogP contribution is -2.39. The average molecular weight is 328 g/mol. The third-order valence-corrected chi connectivity index (χ3v) is 3.82. The quantitative estimate of drug-likeness (QED) is 0.660. The van der Waals surface area contributed by atoms with E-state index in [0.29, 0.717) is 5.56 Å². The van der Waals surface area contributed by atoms with Crippen molar-refractivity contribution in [1.29, 1.82) is 0 Å². The lowest BCUT2D eigenvalue weighted by molar-refractivity contribution is 0.0929. The van der Waals surface area contributed by atoms with E-state index >= 15 is 0 Å². The summed E-state index contributed by atoms with van der Waals surface area (Å²) in [6.45, 7) is 0. The Balaban J connectivity index is 1.73. The fraction of sp³-hybridized carbons (Fsp3) is 0.0455. The summed E-state index contributed by atoms with van der Waals surface area (Å²) in [7, 11) is 0. The summed E-state index contributed by atoms with van der Waals surface area (Å²) in [6, 6.07) is 29.1. The number of hydrogen-bond donors (Lipinski definition) is 2. The molecular formula is C22H20N2O. The van der Waals surface area contributed by atoms with Crippen LogP contribution >= 0.6 is 0 Å². The van der Waals surface area contributed by atoms with Crippen LogP contribution in [0.1, 0.15) is 27.5 Å². The minimum atomic E-state index is -0.158. The molecule has 0 saturated heterocycles. The van der Waals surface area contributed by atoms with Gasteiger partial charge < -0.3 is 0 Å². The van der Waals surface area contributed by atoms with Crippen LogP contribution in [0.25, 0.3) is 6.08 Å². The molecule has 0 aliphatic carbocycles. The van der Waals surface area contributed by atoms with Gasteiger partial charge in [-0.25, -0.2) is 5.43 Å². The van der Waals surface area contributed by atoms with Crippen molar-refractivity contribution in [3.05, 3.63) is 114 Å². The predicted molar refractivity (Wildman–Crippen MR) is 102 cm³/mol. The van der Waals surface area contributed by atoms with Gasteiger partial charge in [0.15, 0.2) is 0 Å². The van der Waals surface area contributed by atoms with Gasteiger partial charge in [0.05, 0.1) is 6.04 Å². The van der Waals surface area contributed by atoms with Gasteiger partial charge in [-0.3, -0.25) is 10.2 Å². The van der Waals surface area contributed by atoms with E-state index in [2.05, 4.69) is 10.9 Å². The Morgan fingerprint density at radius 2 is 1.32 bits per heavy atom. The lowest BCUT2D eigenvalue weighted by atomic mass is 10.1. The van der Waals surface area contributed by atoms with Crippen molar-refractivity contribution in [2.24, 2.45) is 0 Å². The Labute approximate surface area is 148 Å². The molecule has 3 heteroatoms. The number of amides is 1. The smallest absolute Gasteiger partial charge is 0.265 e. The van der Waals surface area contributed by atoms with Crippen LogP contribution in [0, 0.1) is 0 Å². The normalized spacial score (nSPS) is 12.0. The summed E-state index contributed by atoms with van der Waals surface area (Å²) in [5.74, 6) is -0.158. The van der Waals surface area contributed by atoms with Crippen LogP contribution in [0.5, 0.6) is 0 Å². The van der Waals surface area contributed by atoms with Crippen molar-refractivity contribution in [2.75, 3.05) is 0 Å². The van der Waals surface area contributed by atoms with Crippen LogP contribution in [-0.4, -0.2) is 5.91 Å². The fourth-order valence-corrected chi connectivity index (χ4v) is 2.48. The van der Waals surface area contributed by atoms with Crippen molar-refractivity contribution >= 4 is 12.0 Å². The van der Waals surface area contributed by atoms with Gasteiger partial charge in [-0.05, 0) is 23.3 Å². The molecule has 0 fully saturated rings. The third-order valence-electron chi connectivity index (χ3n) is 3.82. The summed E-state index contributed by atoms with van der Waals surface area (Å²) in [4.78, 5) is 12.3. The molecule has 0 bridgehead atoms. The van der Waals surface area contributed by atoms with Crippen LogP contribution in [0.3, 0.4) is 0 Å². The molecule has 3 aromatic carbocycles. The number of hydrogen-bond acceptors (Lipinski definition) is 2. The van der Waals surface area contributed by atoms with Gasteiger partial charge in [-0.15, -0.1) is 0 Å². The number of carbonyl (C=O) groups excluding carboxylic acids is 1. The summed E-state index contributed by atoms with van der Waals surface area (Å²) >= 11 is 0. The second-order valence-electron chi connectivity index (χ2n) is 5.62. The summed E-state index contributed by atoms with van der Waals surface area (Å²) in [5.41, 5.74) is 8.71. The van der Waals surface area contributed by atoms with Gasteiger partial charge in [0.25, 0.3) is 5.91 Å². The first-order chi connectivity index (χ1) is 12.3. The maximum atomic E-state index is 12.3. The molecule has 3 aromatic rings. The number of carbonyl (C=O) groups is 1. The van der Waals surface area contributed by atoms with E-state index < -0.39 is 0 Å². The standard InChI is InChI=1S/C22H20N2O/c25-22(20-14-8-3-9-15-20)24-23-21(19-12-6-2-7-13-19)17-16-18-10-4-1-5-11-18/h1-17,21,23H,(H,24,25)/b17-16+/t21-/m0/s1. The van der Waals surface area contributed by atoms with Crippen molar-refractivity contribution in [3.8, 4) is 0 Å².